The number of hydrogen-bond donors (Lipinski definition) is 6. The van der Waals surface area contributed by atoms with Crippen LogP contribution in [-0.2, 0) is 20.2 Å². The number of hydrogen-bond acceptors (Lipinski definition) is 14. The minimum atomic E-state index is -4.81. The Morgan fingerprint density at radius 2 is 0.788 bits per heavy atom. The van der Waals surface area contributed by atoms with Gasteiger partial charge in [-0.3, -0.25) is 9.11 Å². The summed E-state index contributed by atoms with van der Waals surface area (Å²) in [7, 11) is -9.62. The van der Waals surface area contributed by atoms with Crippen molar-refractivity contribution < 1.29 is 25.9 Å². The van der Waals surface area contributed by atoms with E-state index in [2.05, 4.69) is 51.2 Å². The molecule has 264 valence electrons. The number of nitrogens with one attached hydrogen (secondary N) is 4. The zero-order valence-electron chi connectivity index (χ0n) is 26.2. The highest BCUT2D eigenvalue weighted by molar-refractivity contribution is 7.86. The lowest BCUT2D eigenvalue weighted by Crippen LogP contribution is -2.06. The first kappa shape index (κ1) is 36.0. The summed E-state index contributed by atoms with van der Waals surface area (Å²) in [6, 6.07) is 25.9. The highest BCUT2D eigenvalue weighted by Gasteiger charge is 2.19. The number of benzene rings is 4. The predicted octanol–water partition coefficient (Wildman–Crippen LogP) is 7.00. The Kier molecular flexibility index (Phi) is 10.6. The molecule has 6 aromatic rings. The fraction of sp³-hybridized carbons (Fsp3) is 0. The zero-order valence-corrected chi connectivity index (χ0v) is 29.3. The Hall–Kier alpha value is -5.76. The van der Waals surface area contributed by atoms with Crippen molar-refractivity contribution in [1.29, 1.82) is 0 Å². The molecule has 16 nitrogen and oxygen atoms in total. The van der Waals surface area contributed by atoms with Gasteiger partial charge in [0.15, 0.2) is 0 Å². The van der Waals surface area contributed by atoms with Crippen LogP contribution in [0.2, 0.25) is 10.6 Å². The molecule has 6 rings (SSSR count). The van der Waals surface area contributed by atoms with Gasteiger partial charge in [0.25, 0.3) is 20.2 Å². The number of aromatic nitrogens is 6. The van der Waals surface area contributed by atoms with Crippen LogP contribution >= 0.6 is 23.2 Å². The Labute approximate surface area is 306 Å². The number of halogens is 2. The van der Waals surface area contributed by atoms with Gasteiger partial charge in [0.2, 0.25) is 34.4 Å². The summed E-state index contributed by atoms with van der Waals surface area (Å²) in [5.41, 5.74) is 1.65. The Morgan fingerprint density at radius 3 is 1.12 bits per heavy atom. The number of para-hydroxylation sites is 2. The summed E-state index contributed by atoms with van der Waals surface area (Å²) >= 11 is 12.2. The van der Waals surface area contributed by atoms with Crippen LogP contribution in [0.15, 0.2) is 107 Å². The summed E-state index contributed by atoms with van der Waals surface area (Å²) in [5.74, 6) is 0.164. The van der Waals surface area contributed by atoms with E-state index in [1.54, 1.807) is 24.3 Å². The third kappa shape index (κ3) is 9.51. The Balaban J connectivity index is 1.25. The van der Waals surface area contributed by atoms with Crippen molar-refractivity contribution in [3.63, 3.8) is 0 Å². The molecule has 2 aromatic heterocycles. The summed E-state index contributed by atoms with van der Waals surface area (Å²) in [6.07, 6.45) is 2.50. The van der Waals surface area contributed by atoms with Crippen molar-refractivity contribution in [3.8, 4) is 0 Å². The van der Waals surface area contributed by atoms with Gasteiger partial charge in [0.1, 0.15) is 9.79 Å². The van der Waals surface area contributed by atoms with E-state index in [1.807, 2.05) is 36.4 Å². The molecule has 0 fully saturated rings. The molecule has 0 spiro atoms. The van der Waals surface area contributed by atoms with Crippen LogP contribution in [0.25, 0.3) is 12.2 Å². The average molecular weight is 780 g/mol. The molecule has 0 radical (unpaired) electrons. The van der Waals surface area contributed by atoms with Gasteiger partial charge in [-0.2, -0.15) is 46.7 Å². The predicted molar refractivity (Wildman–Crippen MR) is 197 cm³/mol. The van der Waals surface area contributed by atoms with E-state index in [1.165, 1.54) is 36.4 Å². The number of rotatable bonds is 12. The molecule has 0 saturated heterocycles. The fourth-order valence-electron chi connectivity index (χ4n) is 4.61. The van der Waals surface area contributed by atoms with E-state index in [9.17, 15) is 25.9 Å². The lowest BCUT2D eigenvalue weighted by atomic mass is 10.1. The molecule has 2 heterocycles. The van der Waals surface area contributed by atoms with Gasteiger partial charge >= 0.3 is 0 Å². The molecule has 0 aliphatic carbocycles. The molecular formula is C32H24Cl2N10O6S2. The summed E-state index contributed by atoms with van der Waals surface area (Å²) in [6.45, 7) is 0. The molecule has 6 N–H and O–H groups in total. The minimum Gasteiger partial charge on any atom is -0.324 e. The topological polar surface area (TPSA) is 234 Å². The minimum absolute atomic E-state index is 0.0186. The highest BCUT2D eigenvalue weighted by atomic mass is 35.5. The standard InChI is InChI=1S/C32H24Cl2N10O6S2/c33-27-39-29(35-21-7-3-1-4-8-21)43-31(41-27)37-23-15-13-19(25(17-23)51(45,46)47)11-12-20-14-16-24(18-26(20)52(48,49)50)38-32-42-28(34)40-30(44-32)36-22-9-5-2-6-10-22/h1-18H,(H,45,46,47)(H,48,49,50)(H2,35,37,39,41,43)(H2,36,38,40,42,44). The van der Waals surface area contributed by atoms with Crippen molar-refractivity contribution >= 4 is 102 Å². The van der Waals surface area contributed by atoms with Crippen LogP contribution in [-0.4, -0.2) is 55.8 Å². The van der Waals surface area contributed by atoms with Crippen LogP contribution in [0, 0.1) is 0 Å². The Morgan fingerprint density at radius 1 is 0.462 bits per heavy atom. The molecule has 20 heteroatoms. The van der Waals surface area contributed by atoms with Gasteiger partial charge < -0.3 is 21.3 Å². The maximum absolute atomic E-state index is 12.4. The first-order valence-electron chi connectivity index (χ1n) is 14.7. The third-order valence-electron chi connectivity index (χ3n) is 6.81. The smallest absolute Gasteiger partial charge is 0.295 e. The van der Waals surface area contributed by atoms with E-state index in [-0.39, 0.29) is 56.9 Å². The molecule has 0 bridgehead atoms. The maximum atomic E-state index is 12.4. The first-order valence-corrected chi connectivity index (χ1v) is 18.3. The second-order valence-electron chi connectivity index (χ2n) is 10.5. The van der Waals surface area contributed by atoms with Crippen LogP contribution in [0.3, 0.4) is 0 Å². The average Bonchev–Trinajstić information content (AvgIpc) is 3.07. The summed E-state index contributed by atoms with van der Waals surface area (Å²) < 4.78 is 69.8. The lowest BCUT2D eigenvalue weighted by molar-refractivity contribution is 0.480. The second-order valence-corrected chi connectivity index (χ2v) is 14.0. The summed E-state index contributed by atoms with van der Waals surface area (Å²) in [5, 5.41) is 11.3. The van der Waals surface area contributed by atoms with Crippen molar-refractivity contribution in [3.05, 3.63) is 119 Å². The quantitative estimate of drug-likeness (QED) is 0.0542. The SMILES string of the molecule is O=S(=O)(O)c1cc(Nc2nc(Cl)nc(Nc3ccccc3)n2)ccc1C=Cc1ccc(Nc2nc(Cl)nc(Nc3ccccc3)n2)cc1S(=O)(=O)O. The first-order chi connectivity index (χ1) is 24.8. The van der Waals surface area contributed by atoms with Crippen LogP contribution < -0.4 is 21.3 Å². The van der Waals surface area contributed by atoms with Crippen molar-refractivity contribution in [2.24, 2.45) is 0 Å². The van der Waals surface area contributed by atoms with Crippen LogP contribution in [0.5, 0.6) is 0 Å². The van der Waals surface area contributed by atoms with Crippen molar-refractivity contribution in [2.75, 3.05) is 21.3 Å². The van der Waals surface area contributed by atoms with E-state index < -0.39 is 30.0 Å². The van der Waals surface area contributed by atoms with Crippen LogP contribution in [0.4, 0.5) is 46.5 Å². The van der Waals surface area contributed by atoms with E-state index >= 15 is 0 Å². The highest BCUT2D eigenvalue weighted by Crippen LogP contribution is 2.28. The molecule has 0 unspecified atom stereocenters. The zero-order chi connectivity index (χ0) is 36.9. The molecule has 52 heavy (non-hydrogen) atoms. The number of nitrogens with zero attached hydrogens (tertiary/aromatic N) is 6. The molecule has 0 amide bonds. The van der Waals surface area contributed by atoms with Gasteiger partial charge in [-0.05, 0) is 82.9 Å². The summed E-state index contributed by atoms with van der Waals surface area (Å²) in [4.78, 5) is 23.5. The fourth-order valence-corrected chi connectivity index (χ4v) is 6.35. The van der Waals surface area contributed by atoms with E-state index in [0.29, 0.717) is 11.4 Å². The molecule has 0 aliphatic heterocycles. The van der Waals surface area contributed by atoms with E-state index in [4.69, 9.17) is 23.2 Å². The van der Waals surface area contributed by atoms with Crippen molar-refractivity contribution in [1.82, 2.24) is 29.9 Å². The number of anilines is 8. The van der Waals surface area contributed by atoms with Crippen LogP contribution in [0.1, 0.15) is 11.1 Å². The lowest BCUT2D eigenvalue weighted by Gasteiger charge is -2.11. The Bertz CT molecular complexity index is 2340. The van der Waals surface area contributed by atoms with Crippen molar-refractivity contribution in [2.45, 2.75) is 9.79 Å². The molecule has 4 aromatic carbocycles. The largest absolute Gasteiger partial charge is 0.324 e. The normalized spacial score (nSPS) is 11.7. The monoisotopic (exact) mass is 778 g/mol. The van der Waals surface area contributed by atoms with Gasteiger partial charge in [-0.25, -0.2) is 0 Å². The van der Waals surface area contributed by atoms with Gasteiger partial charge in [0, 0.05) is 22.7 Å². The molecule has 0 atom stereocenters. The molecule has 0 aliphatic rings. The third-order valence-corrected chi connectivity index (χ3v) is 8.97. The van der Waals surface area contributed by atoms with E-state index in [0.717, 1.165) is 12.1 Å². The maximum Gasteiger partial charge on any atom is 0.295 e. The molecular weight excluding hydrogens is 755 g/mol. The second kappa shape index (κ2) is 15.2. The van der Waals surface area contributed by atoms with Gasteiger partial charge in [-0.15, -0.1) is 0 Å². The van der Waals surface area contributed by atoms with Gasteiger partial charge in [-0.1, -0.05) is 60.7 Å². The van der Waals surface area contributed by atoms with Gasteiger partial charge in [0.05, 0.1) is 0 Å². The molecule has 0 saturated carbocycles.